The number of rotatable bonds is 9. The van der Waals surface area contributed by atoms with Crippen LogP contribution in [0.4, 0.5) is 5.00 Å². The van der Waals surface area contributed by atoms with Gasteiger partial charge in [-0.2, -0.15) is 0 Å². The predicted octanol–water partition coefficient (Wildman–Crippen LogP) is 5.75. The summed E-state index contributed by atoms with van der Waals surface area (Å²) >= 11 is 4.21. The molecule has 0 aliphatic rings. The van der Waals surface area contributed by atoms with Gasteiger partial charge >= 0.3 is 5.97 Å². The first kappa shape index (κ1) is 23.9. The molecule has 1 amide bonds. The molecule has 0 saturated heterocycles. The molecule has 10 heteroatoms. The Labute approximate surface area is 209 Å². The quantitative estimate of drug-likeness (QED) is 0.175. The molecule has 0 aliphatic carbocycles. The van der Waals surface area contributed by atoms with Crippen molar-refractivity contribution in [1.29, 1.82) is 0 Å². The molecule has 0 radical (unpaired) electrons. The maximum atomic E-state index is 12.9. The maximum absolute atomic E-state index is 12.9. The van der Waals surface area contributed by atoms with E-state index in [9.17, 15) is 9.59 Å². The molecule has 0 aliphatic heterocycles. The van der Waals surface area contributed by atoms with Crippen LogP contribution in [0.5, 0.6) is 0 Å². The molecule has 1 aromatic carbocycles. The third-order valence-corrected chi connectivity index (χ3v) is 7.74. The summed E-state index contributed by atoms with van der Waals surface area (Å²) in [6.07, 6.45) is 1.77. The van der Waals surface area contributed by atoms with Gasteiger partial charge in [0.05, 0.1) is 17.7 Å². The number of methoxy groups -OCH3 is 1. The van der Waals surface area contributed by atoms with E-state index in [-0.39, 0.29) is 11.7 Å². The molecular weight excluding hydrogens is 488 g/mol. The molecule has 0 saturated carbocycles. The molecule has 4 aromatic rings. The lowest BCUT2D eigenvalue weighted by Gasteiger charge is -2.09. The number of anilines is 1. The molecule has 0 spiro atoms. The van der Waals surface area contributed by atoms with Crippen LogP contribution in [0.3, 0.4) is 0 Å². The summed E-state index contributed by atoms with van der Waals surface area (Å²) in [6, 6.07) is 13.5. The Bertz CT molecular complexity index is 1310. The smallest absolute Gasteiger partial charge is 0.341 e. The van der Waals surface area contributed by atoms with Crippen molar-refractivity contribution in [3.05, 3.63) is 70.9 Å². The fourth-order valence-electron chi connectivity index (χ4n) is 3.45. The summed E-state index contributed by atoms with van der Waals surface area (Å²) < 4.78 is 6.96. The number of aromatic nitrogens is 3. The van der Waals surface area contributed by atoms with Crippen molar-refractivity contribution in [3.63, 3.8) is 0 Å². The molecule has 0 atom stereocenters. The molecule has 3 aromatic heterocycles. The van der Waals surface area contributed by atoms with E-state index < -0.39 is 5.97 Å². The van der Waals surface area contributed by atoms with E-state index in [1.807, 2.05) is 59.3 Å². The van der Waals surface area contributed by atoms with Crippen molar-refractivity contribution in [2.75, 3.05) is 18.2 Å². The number of carbonyl (C=O) groups is 2. The van der Waals surface area contributed by atoms with Crippen molar-refractivity contribution < 1.29 is 14.3 Å². The van der Waals surface area contributed by atoms with Gasteiger partial charge < -0.3 is 10.1 Å². The highest BCUT2D eigenvalue weighted by Crippen LogP contribution is 2.40. The number of aryl methyl sites for hydroxylation is 1. The van der Waals surface area contributed by atoms with Gasteiger partial charge in [0.25, 0.3) is 0 Å². The Hall–Kier alpha value is -3.21. The number of nitrogens with zero attached hydrogens (tertiary/aromatic N) is 3. The largest absolute Gasteiger partial charge is 0.465 e. The second-order valence-electron chi connectivity index (χ2n) is 7.11. The Balaban J connectivity index is 1.54. The summed E-state index contributed by atoms with van der Waals surface area (Å²) in [5.74, 6) is 0.115. The first-order valence-electron chi connectivity index (χ1n) is 10.3. The van der Waals surface area contributed by atoms with Crippen molar-refractivity contribution in [2.24, 2.45) is 0 Å². The number of hydrogen-bond acceptors (Lipinski definition) is 8. The molecule has 0 unspecified atom stereocenters. The number of ether oxygens (including phenoxy) is 1. The summed E-state index contributed by atoms with van der Waals surface area (Å²) in [5.41, 5.74) is 2.03. The second-order valence-corrected chi connectivity index (χ2v) is 10.2. The van der Waals surface area contributed by atoms with Crippen LogP contribution in [-0.2, 0) is 16.1 Å². The first-order chi connectivity index (χ1) is 16.5. The van der Waals surface area contributed by atoms with E-state index in [0.29, 0.717) is 22.3 Å². The van der Waals surface area contributed by atoms with Gasteiger partial charge in [0.1, 0.15) is 10.6 Å². The Morgan fingerprint density at radius 1 is 1.21 bits per heavy atom. The zero-order valence-corrected chi connectivity index (χ0v) is 21.1. The minimum absolute atomic E-state index is 0.109. The standard InChI is InChI=1S/C24H22N4O3S3/c1-4-12-28-21(17-11-8-13-32-17)26-27-24(28)33-14-18(29)25-22-20(23(30)31-3)19(15(2)34-22)16-9-6-5-7-10-16/h4-11,13H,1,12,14H2,2-3H3,(H,25,29). The monoisotopic (exact) mass is 510 g/mol. The summed E-state index contributed by atoms with van der Waals surface area (Å²) in [6.45, 7) is 6.27. The average molecular weight is 511 g/mol. The van der Waals surface area contributed by atoms with E-state index in [0.717, 1.165) is 26.7 Å². The number of allylic oxidation sites excluding steroid dienone is 1. The Morgan fingerprint density at radius 2 is 2.00 bits per heavy atom. The van der Waals surface area contributed by atoms with Gasteiger partial charge in [-0.1, -0.05) is 54.2 Å². The van der Waals surface area contributed by atoms with Crippen LogP contribution in [0.25, 0.3) is 21.8 Å². The van der Waals surface area contributed by atoms with E-state index in [1.54, 1.807) is 17.4 Å². The normalized spacial score (nSPS) is 10.8. The van der Waals surface area contributed by atoms with Gasteiger partial charge in [-0.25, -0.2) is 4.79 Å². The number of carbonyl (C=O) groups excluding carboxylic acids is 2. The number of esters is 1. The zero-order chi connectivity index (χ0) is 24.1. The number of nitrogens with one attached hydrogen (secondary N) is 1. The van der Waals surface area contributed by atoms with Crippen LogP contribution in [0.2, 0.25) is 0 Å². The lowest BCUT2D eigenvalue weighted by atomic mass is 10.0. The highest BCUT2D eigenvalue weighted by Gasteiger charge is 2.25. The molecule has 7 nitrogen and oxygen atoms in total. The van der Waals surface area contributed by atoms with Crippen molar-refractivity contribution >= 4 is 51.3 Å². The number of thiophene rings is 2. The third kappa shape index (κ3) is 4.98. The van der Waals surface area contributed by atoms with Crippen molar-refractivity contribution in [1.82, 2.24) is 14.8 Å². The number of amides is 1. The summed E-state index contributed by atoms with van der Waals surface area (Å²) in [7, 11) is 1.34. The van der Waals surface area contributed by atoms with Crippen LogP contribution in [-0.4, -0.2) is 39.5 Å². The van der Waals surface area contributed by atoms with E-state index in [4.69, 9.17) is 4.74 Å². The van der Waals surface area contributed by atoms with Crippen molar-refractivity contribution in [3.8, 4) is 21.8 Å². The van der Waals surface area contributed by atoms with Gasteiger partial charge in [-0.3, -0.25) is 9.36 Å². The molecule has 0 fully saturated rings. The minimum Gasteiger partial charge on any atom is -0.465 e. The average Bonchev–Trinajstić information content (AvgIpc) is 3.57. The second kappa shape index (κ2) is 10.8. The Morgan fingerprint density at radius 3 is 2.68 bits per heavy atom. The fourth-order valence-corrected chi connectivity index (χ4v) is 6.00. The van der Waals surface area contributed by atoms with Gasteiger partial charge in [-0.05, 0) is 23.9 Å². The van der Waals surface area contributed by atoms with Crippen LogP contribution < -0.4 is 5.32 Å². The predicted molar refractivity (Wildman–Crippen MR) is 139 cm³/mol. The molecular formula is C24H22N4O3S3. The maximum Gasteiger partial charge on any atom is 0.341 e. The minimum atomic E-state index is -0.488. The van der Waals surface area contributed by atoms with Gasteiger partial charge in [0.2, 0.25) is 5.91 Å². The first-order valence-corrected chi connectivity index (χ1v) is 13.0. The van der Waals surface area contributed by atoms with Gasteiger partial charge in [0.15, 0.2) is 11.0 Å². The van der Waals surface area contributed by atoms with Gasteiger partial charge in [0, 0.05) is 17.0 Å². The van der Waals surface area contributed by atoms with E-state index in [1.165, 1.54) is 30.2 Å². The van der Waals surface area contributed by atoms with E-state index in [2.05, 4.69) is 22.1 Å². The topological polar surface area (TPSA) is 86.1 Å². The SMILES string of the molecule is C=CCn1c(SCC(=O)Nc2sc(C)c(-c3ccccc3)c2C(=O)OC)nnc1-c1cccs1. The van der Waals surface area contributed by atoms with Crippen LogP contribution in [0, 0.1) is 6.92 Å². The molecule has 34 heavy (non-hydrogen) atoms. The van der Waals surface area contributed by atoms with E-state index >= 15 is 0 Å². The van der Waals surface area contributed by atoms with Crippen LogP contribution >= 0.6 is 34.4 Å². The highest BCUT2D eigenvalue weighted by molar-refractivity contribution is 7.99. The lowest BCUT2D eigenvalue weighted by molar-refractivity contribution is -0.113. The molecule has 174 valence electrons. The van der Waals surface area contributed by atoms with Gasteiger partial charge in [-0.15, -0.1) is 39.4 Å². The van der Waals surface area contributed by atoms with Crippen LogP contribution in [0.15, 0.2) is 65.7 Å². The number of hydrogen-bond donors (Lipinski definition) is 1. The summed E-state index contributed by atoms with van der Waals surface area (Å²) in [5, 5.41) is 14.5. The van der Waals surface area contributed by atoms with Crippen LogP contribution in [0.1, 0.15) is 15.2 Å². The number of thioether (sulfide) groups is 1. The summed E-state index contributed by atoms with van der Waals surface area (Å²) in [4.78, 5) is 27.4. The lowest BCUT2D eigenvalue weighted by Crippen LogP contribution is -2.16. The zero-order valence-electron chi connectivity index (χ0n) is 18.6. The fraction of sp³-hybridized carbons (Fsp3) is 0.167. The third-order valence-electron chi connectivity index (χ3n) is 4.89. The Kier molecular flexibility index (Phi) is 7.61. The molecule has 0 bridgehead atoms. The molecule has 1 N–H and O–H groups in total. The highest BCUT2D eigenvalue weighted by atomic mass is 32.2. The molecule has 3 heterocycles. The molecule has 4 rings (SSSR count). The van der Waals surface area contributed by atoms with Crippen molar-refractivity contribution in [2.45, 2.75) is 18.6 Å². The number of benzene rings is 1.